The molecule has 0 radical (unpaired) electrons. The fraction of sp³-hybridized carbons (Fsp3) is 0.440. The minimum Gasteiger partial charge on any atom is -0.497 e. The summed E-state index contributed by atoms with van der Waals surface area (Å²) < 4.78 is 31.4. The Bertz CT molecular complexity index is 1130. The van der Waals surface area contributed by atoms with Gasteiger partial charge in [0.15, 0.2) is 0 Å². The van der Waals surface area contributed by atoms with Crippen LogP contribution < -0.4 is 14.4 Å². The Kier molecular flexibility index (Phi) is 9.02. The van der Waals surface area contributed by atoms with Crippen LogP contribution in [0.15, 0.2) is 48.5 Å². The van der Waals surface area contributed by atoms with Crippen molar-refractivity contribution in [3.05, 3.63) is 59.1 Å². The highest BCUT2D eigenvalue weighted by Gasteiger charge is 2.31. The Labute approximate surface area is 212 Å². The molecule has 0 unspecified atom stereocenters. The predicted octanol–water partition coefficient (Wildman–Crippen LogP) is 3.59. The van der Waals surface area contributed by atoms with E-state index in [4.69, 9.17) is 16.3 Å². The average Bonchev–Trinajstić information content (AvgIpc) is 3.33. The van der Waals surface area contributed by atoms with E-state index in [1.807, 2.05) is 6.07 Å². The zero-order valence-corrected chi connectivity index (χ0v) is 21.8. The number of anilines is 1. The molecule has 2 aromatic rings. The van der Waals surface area contributed by atoms with E-state index in [2.05, 4.69) is 5.32 Å². The molecule has 1 N–H and O–H groups in total. The number of nitrogens with zero attached hydrogens (tertiary/aromatic N) is 2. The highest BCUT2D eigenvalue weighted by Crippen LogP contribution is 2.23. The zero-order chi connectivity index (χ0) is 25.6. The Morgan fingerprint density at radius 1 is 1.14 bits per heavy atom. The summed E-state index contributed by atoms with van der Waals surface area (Å²) in [7, 11) is -2.27. The van der Waals surface area contributed by atoms with Crippen LogP contribution in [0.25, 0.3) is 0 Å². The number of amides is 2. The second-order valence-corrected chi connectivity index (χ2v) is 11.1. The number of benzene rings is 2. The molecule has 1 atom stereocenters. The van der Waals surface area contributed by atoms with Crippen molar-refractivity contribution in [1.82, 2.24) is 10.2 Å². The molecule has 8 nitrogen and oxygen atoms in total. The monoisotopic (exact) mass is 521 g/mol. The summed E-state index contributed by atoms with van der Waals surface area (Å²) in [6.45, 7) is 1.32. The largest absolute Gasteiger partial charge is 0.497 e. The number of sulfonamides is 1. The molecule has 2 aromatic carbocycles. The summed E-state index contributed by atoms with van der Waals surface area (Å²) in [5, 5.41) is 3.54. The van der Waals surface area contributed by atoms with Crippen LogP contribution in [-0.4, -0.2) is 57.1 Å². The third-order valence-corrected chi connectivity index (χ3v) is 7.53. The minimum absolute atomic E-state index is 0.0971. The third kappa shape index (κ3) is 7.35. The smallest absolute Gasteiger partial charge is 0.244 e. The van der Waals surface area contributed by atoms with E-state index in [-0.39, 0.29) is 18.5 Å². The molecule has 35 heavy (non-hydrogen) atoms. The second kappa shape index (κ2) is 11.8. The Hall–Kier alpha value is -2.78. The van der Waals surface area contributed by atoms with Crippen molar-refractivity contribution in [3.8, 4) is 5.75 Å². The maximum Gasteiger partial charge on any atom is 0.244 e. The zero-order valence-electron chi connectivity index (χ0n) is 20.2. The van der Waals surface area contributed by atoms with E-state index in [9.17, 15) is 18.0 Å². The molecule has 0 saturated heterocycles. The molecule has 0 aliphatic heterocycles. The highest BCUT2D eigenvalue weighted by atomic mass is 35.5. The lowest BCUT2D eigenvalue weighted by Crippen LogP contribution is -2.52. The first-order valence-electron chi connectivity index (χ1n) is 11.5. The van der Waals surface area contributed by atoms with Gasteiger partial charge in [-0.05, 0) is 61.7 Å². The van der Waals surface area contributed by atoms with Gasteiger partial charge in [0, 0.05) is 17.6 Å². The summed E-state index contributed by atoms with van der Waals surface area (Å²) in [4.78, 5) is 28.0. The summed E-state index contributed by atoms with van der Waals surface area (Å²) in [6.07, 6.45) is 5.01. The molecule has 3 rings (SSSR count). The van der Waals surface area contributed by atoms with E-state index in [0.29, 0.717) is 16.5 Å². The fourth-order valence-electron chi connectivity index (χ4n) is 4.17. The Balaban J connectivity index is 1.87. The van der Waals surface area contributed by atoms with Gasteiger partial charge in [0.05, 0.1) is 19.1 Å². The molecule has 10 heteroatoms. The Morgan fingerprint density at radius 2 is 1.80 bits per heavy atom. The van der Waals surface area contributed by atoms with Gasteiger partial charge in [-0.2, -0.15) is 0 Å². The van der Waals surface area contributed by atoms with Gasteiger partial charge < -0.3 is 15.0 Å². The van der Waals surface area contributed by atoms with Crippen LogP contribution >= 0.6 is 11.6 Å². The third-order valence-electron chi connectivity index (χ3n) is 6.15. The van der Waals surface area contributed by atoms with Crippen molar-refractivity contribution in [2.24, 2.45) is 0 Å². The maximum absolute atomic E-state index is 13.6. The van der Waals surface area contributed by atoms with E-state index in [0.717, 1.165) is 41.8 Å². The number of carbonyl (C=O) groups is 2. The van der Waals surface area contributed by atoms with Crippen LogP contribution in [0, 0.1) is 0 Å². The van der Waals surface area contributed by atoms with E-state index < -0.39 is 28.5 Å². The van der Waals surface area contributed by atoms with E-state index in [1.54, 1.807) is 49.4 Å². The van der Waals surface area contributed by atoms with Gasteiger partial charge in [-0.25, -0.2) is 8.42 Å². The molecule has 0 aromatic heterocycles. The predicted molar refractivity (Wildman–Crippen MR) is 137 cm³/mol. The van der Waals surface area contributed by atoms with Gasteiger partial charge in [0.2, 0.25) is 21.8 Å². The number of hydrogen-bond acceptors (Lipinski definition) is 5. The second-order valence-electron chi connectivity index (χ2n) is 8.79. The molecule has 2 amide bonds. The lowest BCUT2D eigenvalue weighted by Gasteiger charge is -2.32. The lowest BCUT2D eigenvalue weighted by atomic mass is 10.1. The summed E-state index contributed by atoms with van der Waals surface area (Å²) in [6, 6.07) is 12.7. The van der Waals surface area contributed by atoms with Crippen LogP contribution in [0.5, 0.6) is 5.75 Å². The maximum atomic E-state index is 13.6. The molecule has 1 aliphatic rings. The van der Waals surface area contributed by atoms with Gasteiger partial charge >= 0.3 is 0 Å². The number of rotatable bonds is 10. The van der Waals surface area contributed by atoms with Crippen molar-refractivity contribution in [3.63, 3.8) is 0 Å². The van der Waals surface area contributed by atoms with Crippen molar-refractivity contribution in [2.75, 3.05) is 24.2 Å². The van der Waals surface area contributed by atoms with Crippen molar-refractivity contribution >= 4 is 39.1 Å². The van der Waals surface area contributed by atoms with Gasteiger partial charge in [0.1, 0.15) is 18.3 Å². The average molecular weight is 522 g/mol. The van der Waals surface area contributed by atoms with E-state index in [1.165, 1.54) is 12.0 Å². The molecular formula is C25H32ClN3O5S. The van der Waals surface area contributed by atoms with Crippen molar-refractivity contribution < 1.29 is 22.7 Å². The van der Waals surface area contributed by atoms with Gasteiger partial charge in [0.25, 0.3) is 0 Å². The van der Waals surface area contributed by atoms with Crippen LogP contribution in [-0.2, 0) is 26.2 Å². The molecule has 0 heterocycles. The van der Waals surface area contributed by atoms with E-state index >= 15 is 0 Å². The fourth-order valence-corrected chi connectivity index (χ4v) is 5.23. The first-order chi connectivity index (χ1) is 16.6. The van der Waals surface area contributed by atoms with Gasteiger partial charge in [-0.1, -0.05) is 36.6 Å². The molecule has 1 aliphatic carbocycles. The molecular weight excluding hydrogens is 490 g/mol. The number of nitrogens with one attached hydrogen (secondary N) is 1. The van der Waals surface area contributed by atoms with Crippen LogP contribution in [0.4, 0.5) is 5.69 Å². The molecule has 1 saturated carbocycles. The number of halogens is 1. The lowest BCUT2D eigenvalue weighted by molar-refractivity contribution is -0.139. The standard InChI is InChI=1S/C25H32ClN3O5S/c1-18(25(31)27-21-9-4-5-10-21)28(16-19-7-6-8-20(26)15-19)24(30)17-29(35(3,32)33)22-11-13-23(34-2)14-12-22/h6-8,11-15,18,21H,4-5,9-10,16-17H2,1-3H3,(H,27,31)/t18-/m0/s1. The number of methoxy groups -OCH3 is 1. The quantitative estimate of drug-likeness (QED) is 0.515. The van der Waals surface area contributed by atoms with Crippen LogP contribution in [0.1, 0.15) is 38.2 Å². The highest BCUT2D eigenvalue weighted by molar-refractivity contribution is 7.92. The van der Waals surface area contributed by atoms with Crippen molar-refractivity contribution in [1.29, 1.82) is 0 Å². The molecule has 190 valence electrons. The first kappa shape index (κ1) is 26.8. The number of ether oxygens (including phenoxy) is 1. The number of carbonyl (C=O) groups excluding carboxylic acids is 2. The topological polar surface area (TPSA) is 96.0 Å². The first-order valence-corrected chi connectivity index (χ1v) is 13.8. The molecule has 0 bridgehead atoms. The normalized spacial score (nSPS) is 14.9. The van der Waals surface area contributed by atoms with Gasteiger partial charge in [-0.3, -0.25) is 13.9 Å². The van der Waals surface area contributed by atoms with Gasteiger partial charge in [-0.15, -0.1) is 0 Å². The number of hydrogen-bond donors (Lipinski definition) is 1. The van der Waals surface area contributed by atoms with Crippen molar-refractivity contribution in [2.45, 2.75) is 51.2 Å². The van der Waals surface area contributed by atoms with Crippen LogP contribution in [0.3, 0.4) is 0 Å². The summed E-state index contributed by atoms with van der Waals surface area (Å²) in [5.41, 5.74) is 1.06. The molecule has 1 fully saturated rings. The minimum atomic E-state index is -3.79. The summed E-state index contributed by atoms with van der Waals surface area (Å²) in [5.74, 6) is -0.198. The Morgan fingerprint density at radius 3 is 2.37 bits per heavy atom. The van der Waals surface area contributed by atoms with Crippen LogP contribution in [0.2, 0.25) is 5.02 Å². The summed E-state index contributed by atoms with van der Waals surface area (Å²) >= 11 is 6.13. The molecule has 0 spiro atoms. The SMILES string of the molecule is COc1ccc(N(CC(=O)N(Cc2cccc(Cl)c2)[C@@H](C)C(=O)NC2CCCC2)S(C)(=O)=O)cc1.